The van der Waals surface area contributed by atoms with Gasteiger partial charge < -0.3 is 9.31 Å². The molecule has 0 atom stereocenters. The highest BCUT2D eigenvalue weighted by atomic mass is 31.2. The van der Waals surface area contributed by atoms with Gasteiger partial charge >= 0.3 is 13.4 Å². The Morgan fingerprint density at radius 2 is 1.76 bits per heavy atom. The van der Waals surface area contributed by atoms with Crippen LogP contribution in [0.25, 0.3) is 11.0 Å². The van der Waals surface area contributed by atoms with Crippen molar-refractivity contribution in [1.29, 1.82) is 0 Å². The van der Waals surface area contributed by atoms with Crippen LogP contribution in [0.15, 0.2) is 39.5 Å². The largest absolute Gasteiger partial charge is 0.472 e. The second kappa shape index (κ2) is 8.10. The SMILES string of the molecule is CCOP(=O)(O)OCC.Cc1cc(=O)oc2ccccc12. The van der Waals surface area contributed by atoms with E-state index in [4.69, 9.17) is 9.31 Å². The molecule has 0 aliphatic carbocycles. The second-order valence-corrected chi connectivity index (χ2v) is 5.50. The Bertz CT molecular complexity index is 668. The summed E-state index contributed by atoms with van der Waals surface area (Å²) in [5.41, 5.74) is 1.33. The lowest BCUT2D eigenvalue weighted by molar-refractivity contribution is 0.161. The molecule has 0 aliphatic rings. The average Bonchev–Trinajstić information content (AvgIpc) is 2.39. The van der Waals surface area contributed by atoms with E-state index in [0.717, 1.165) is 10.9 Å². The Hall–Kier alpha value is -1.46. The number of hydrogen-bond acceptors (Lipinski definition) is 5. The Kier molecular flexibility index (Phi) is 6.78. The molecule has 0 bridgehead atoms. The Balaban J connectivity index is 0.000000222. The van der Waals surface area contributed by atoms with Crippen molar-refractivity contribution in [2.24, 2.45) is 0 Å². The summed E-state index contributed by atoms with van der Waals surface area (Å²) in [5, 5.41) is 0.997. The van der Waals surface area contributed by atoms with Crippen LogP contribution >= 0.6 is 7.82 Å². The summed E-state index contributed by atoms with van der Waals surface area (Å²) >= 11 is 0. The smallest absolute Gasteiger partial charge is 0.423 e. The van der Waals surface area contributed by atoms with Crippen LogP contribution in [-0.2, 0) is 13.6 Å². The number of aryl methyl sites for hydroxylation is 1. The zero-order valence-electron chi connectivity index (χ0n) is 12.2. The Labute approximate surface area is 122 Å². The van der Waals surface area contributed by atoms with Crippen LogP contribution in [0.5, 0.6) is 0 Å². The third-order valence-corrected chi connectivity index (χ3v) is 3.61. The van der Waals surface area contributed by atoms with Gasteiger partial charge in [0.1, 0.15) is 5.58 Å². The van der Waals surface area contributed by atoms with Crippen LogP contribution in [0.4, 0.5) is 0 Å². The highest BCUT2D eigenvalue weighted by molar-refractivity contribution is 7.47. The molecule has 1 heterocycles. The van der Waals surface area contributed by atoms with Crippen LogP contribution in [-0.4, -0.2) is 18.1 Å². The Morgan fingerprint density at radius 3 is 2.33 bits per heavy atom. The molecule has 2 rings (SSSR count). The van der Waals surface area contributed by atoms with E-state index < -0.39 is 7.82 Å². The minimum Gasteiger partial charge on any atom is -0.423 e. The molecule has 116 valence electrons. The number of benzene rings is 1. The molecule has 7 heteroatoms. The zero-order valence-corrected chi connectivity index (χ0v) is 13.1. The van der Waals surface area contributed by atoms with Gasteiger partial charge in [-0.15, -0.1) is 0 Å². The molecule has 0 amide bonds. The lowest BCUT2D eigenvalue weighted by Gasteiger charge is -2.07. The van der Waals surface area contributed by atoms with Gasteiger partial charge in [0, 0.05) is 11.5 Å². The van der Waals surface area contributed by atoms with Gasteiger partial charge in [0.15, 0.2) is 0 Å². The molecule has 0 spiro atoms. The number of hydrogen-bond donors (Lipinski definition) is 1. The number of phosphoric acid groups is 1. The molecule has 6 nitrogen and oxygen atoms in total. The maximum Gasteiger partial charge on any atom is 0.472 e. The number of para-hydroxylation sites is 1. The maximum atomic E-state index is 10.9. The minimum absolute atomic E-state index is 0.188. The third kappa shape index (κ3) is 5.81. The van der Waals surface area contributed by atoms with E-state index in [1.54, 1.807) is 19.9 Å². The quantitative estimate of drug-likeness (QED) is 0.688. The predicted molar refractivity (Wildman–Crippen MR) is 80.3 cm³/mol. The van der Waals surface area contributed by atoms with Crippen molar-refractivity contribution < 1.29 is 22.9 Å². The van der Waals surface area contributed by atoms with E-state index in [-0.39, 0.29) is 18.8 Å². The van der Waals surface area contributed by atoms with Crippen LogP contribution in [0.2, 0.25) is 0 Å². The fraction of sp³-hybridized carbons (Fsp3) is 0.357. The summed E-state index contributed by atoms with van der Waals surface area (Å²) in [4.78, 5) is 19.6. The highest BCUT2D eigenvalue weighted by Crippen LogP contribution is 2.42. The number of fused-ring (bicyclic) bond motifs is 1. The topological polar surface area (TPSA) is 86.0 Å². The molecule has 0 fully saturated rings. The summed E-state index contributed by atoms with van der Waals surface area (Å²) in [6.45, 7) is 5.53. The summed E-state index contributed by atoms with van der Waals surface area (Å²) < 4.78 is 24.2. The van der Waals surface area contributed by atoms with Crippen molar-refractivity contribution in [1.82, 2.24) is 0 Å². The van der Waals surface area contributed by atoms with Crippen molar-refractivity contribution >= 4 is 18.8 Å². The summed E-state index contributed by atoms with van der Waals surface area (Å²) in [5.74, 6) is 0. The fourth-order valence-electron chi connectivity index (χ4n) is 1.64. The first-order valence-electron chi connectivity index (χ1n) is 6.51. The van der Waals surface area contributed by atoms with Gasteiger partial charge in [0.05, 0.1) is 13.2 Å². The van der Waals surface area contributed by atoms with Gasteiger partial charge in [-0.25, -0.2) is 9.36 Å². The monoisotopic (exact) mass is 314 g/mol. The normalized spacial score (nSPS) is 11.0. The Morgan fingerprint density at radius 1 is 1.19 bits per heavy atom. The van der Waals surface area contributed by atoms with E-state index in [1.165, 1.54) is 6.07 Å². The van der Waals surface area contributed by atoms with Gasteiger partial charge in [-0.05, 0) is 32.4 Å². The molecular weight excluding hydrogens is 295 g/mol. The first-order valence-corrected chi connectivity index (χ1v) is 8.00. The van der Waals surface area contributed by atoms with Gasteiger partial charge in [0.25, 0.3) is 0 Å². The zero-order chi connectivity index (χ0) is 15.9. The van der Waals surface area contributed by atoms with Crippen molar-refractivity contribution in [3.8, 4) is 0 Å². The van der Waals surface area contributed by atoms with Crippen LogP contribution < -0.4 is 5.63 Å². The molecule has 0 radical (unpaired) electrons. The molecule has 0 saturated heterocycles. The average molecular weight is 314 g/mol. The molecular formula is C14H19O6P. The molecule has 1 N–H and O–H groups in total. The van der Waals surface area contributed by atoms with E-state index in [2.05, 4.69) is 9.05 Å². The van der Waals surface area contributed by atoms with Crippen molar-refractivity contribution in [3.05, 3.63) is 46.3 Å². The molecule has 0 saturated carbocycles. The van der Waals surface area contributed by atoms with E-state index in [1.807, 2.05) is 25.1 Å². The third-order valence-electron chi connectivity index (χ3n) is 2.44. The van der Waals surface area contributed by atoms with Gasteiger partial charge in [0.2, 0.25) is 0 Å². The molecule has 0 unspecified atom stereocenters. The lowest BCUT2D eigenvalue weighted by Crippen LogP contribution is -1.97. The molecule has 1 aromatic carbocycles. The van der Waals surface area contributed by atoms with E-state index in [0.29, 0.717) is 5.58 Å². The van der Waals surface area contributed by atoms with Gasteiger partial charge in [-0.1, -0.05) is 18.2 Å². The maximum absolute atomic E-state index is 10.9. The summed E-state index contributed by atoms with van der Waals surface area (Å²) in [6.07, 6.45) is 0. The number of rotatable bonds is 4. The van der Waals surface area contributed by atoms with Crippen molar-refractivity contribution in [3.63, 3.8) is 0 Å². The summed E-state index contributed by atoms with van der Waals surface area (Å²) in [7, 11) is -3.69. The van der Waals surface area contributed by atoms with E-state index >= 15 is 0 Å². The fourth-order valence-corrected chi connectivity index (χ4v) is 2.36. The molecule has 21 heavy (non-hydrogen) atoms. The van der Waals surface area contributed by atoms with Crippen molar-refractivity contribution in [2.45, 2.75) is 20.8 Å². The first kappa shape index (κ1) is 17.6. The summed E-state index contributed by atoms with van der Waals surface area (Å²) in [6, 6.07) is 9.01. The molecule has 1 aromatic heterocycles. The van der Waals surface area contributed by atoms with Gasteiger partial charge in [-0.3, -0.25) is 9.05 Å². The van der Waals surface area contributed by atoms with Crippen LogP contribution in [0, 0.1) is 6.92 Å². The van der Waals surface area contributed by atoms with Crippen molar-refractivity contribution in [2.75, 3.05) is 13.2 Å². The molecule has 0 aliphatic heterocycles. The van der Waals surface area contributed by atoms with Crippen LogP contribution in [0.1, 0.15) is 19.4 Å². The minimum atomic E-state index is -3.69. The number of phosphoric ester groups is 1. The molecule has 2 aromatic rings. The second-order valence-electron chi connectivity index (χ2n) is 4.05. The van der Waals surface area contributed by atoms with Gasteiger partial charge in [-0.2, -0.15) is 0 Å². The van der Waals surface area contributed by atoms with Crippen LogP contribution in [0.3, 0.4) is 0 Å². The predicted octanol–water partition coefficient (Wildman–Crippen LogP) is 3.26. The standard InChI is InChI=1S/C10H8O2.C4H11O4P/c1-7-6-10(11)12-9-5-3-2-4-8(7)9;1-3-7-9(5,6)8-4-2/h2-6H,1H3;3-4H2,1-2H3,(H,5,6). The highest BCUT2D eigenvalue weighted by Gasteiger charge is 2.17. The lowest BCUT2D eigenvalue weighted by atomic mass is 10.1. The van der Waals surface area contributed by atoms with E-state index in [9.17, 15) is 9.36 Å². The first-order chi connectivity index (χ1) is 9.89.